The van der Waals surface area contributed by atoms with Crippen molar-refractivity contribution in [2.24, 2.45) is 0 Å². The number of hydrogen-bond acceptors (Lipinski definition) is 4. The van der Waals surface area contributed by atoms with Gasteiger partial charge in [-0.2, -0.15) is 5.26 Å². The highest BCUT2D eigenvalue weighted by molar-refractivity contribution is 5.81. The van der Waals surface area contributed by atoms with E-state index >= 15 is 0 Å². The maximum absolute atomic E-state index is 11.3. The molecule has 0 unspecified atom stereocenters. The molecule has 1 heterocycles. The van der Waals surface area contributed by atoms with Crippen molar-refractivity contribution in [3.63, 3.8) is 0 Å². The lowest BCUT2D eigenvalue weighted by Gasteiger charge is -2.06. The van der Waals surface area contributed by atoms with Gasteiger partial charge in [0.1, 0.15) is 11.3 Å². The molecule has 2 aromatic rings. The van der Waals surface area contributed by atoms with Crippen LogP contribution in [0.2, 0.25) is 0 Å². The van der Waals surface area contributed by atoms with Crippen molar-refractivity contribution in [1.29, 1.82) is 5.26 Å². The molecule has 92 valence electrons. The second-order valence-corrected chi connectivity index (χ2v) is 4.02. The first kappa shape index (κ1) is 12.2. The quantitative estimate of drug-likeness (QED) is 0.611. The zero-order valence-electron chi connectivity index (χ0n) is 10.1. The lowest BCUT2D eigenvalue weighted by molar-refractivity contribution is 0.312. The third-order valence-corrected chi connectivity index (χ3v) is 2.62. The number of rotatable bonds is 4. The number of unbranched alkanes of at least 4 members (excludes halogenated alkanes) is 1. The molecule has 0 radical (unpaired) electrons. The van der Waals surface area contributed by atoms with E-state index in [0.717, 1.165) is 10.9 Å². The molecule has 0 aliphatic carbocycles. The van der Waals surface area contributed by atoms with Crippen molar-refractivity contribution in [1.82, 2.24) is 0 Å². The van der Waals surface area contributed by atoms with Crippen LogP contribution in [0.25, 0.3) is 11.0 Å². The summed E-state index contributed by atoms with van der Waals surface area (Å²) >= 11 is 0. The smallest absolute Gasteiger partial charge is 0.336 e. The van der Waals surface area contributed by atoms with Crippen molar-refractivity contribution in [3.05, 3.63) is 40.2 Å². The van der Waals surface area contributed by atoms with Crippen LogP contribution in [-0.2, 0) is 0 Å². The van der Waals surface area contributed by atoms with E-state index in [1.165, 1.54) is 6.07 Å². The largest absolute Gasteiger partial charge is 0.493 e. The molecule has 0 atom stereocenters. The number of nitrogens with zero attached hydrogens (tertiary/aromatic N) is 1. The molecule has 0 amide bonds. The standard InChI is InChI=1S/C14H13NO3/c1-10-8-14(16)18-13-9-11(4-5-12(10)13)17-7-3-2-6-15/h4-5,8-9H,2-3,7H2,1H3. The maximum Gasteiger partial charge on any atom is 0.336 e. The van der Waals surface area contributed by atoms with Gasteiger partial charge >= 0.3 is 5.63 Å². The van der Waals surface area contributed by atoms with Gasteiger partial charge in [0.2, 0.25) is 0 Å². The average molecular weight is 243 g/mol. The van der Waals surface area contributed by atoms with Crippen LogP contribution in [0.3, 0.4) is 0 Å². The van der Waals surface area contributed by atoms with Gasteiger partial charge in [-0.25, -0.2) is 4.79 Å². The fraction of sp³-hybridized carbons (Fsp3) is 0.286. The predicted octanol–water partition coefficient (Wildman–Crippen LogP) is 2.78. The highest BCUT2D eigenvalue weighted by atomic mass is 16.5. The van der Waals surface area contributed by atoms with Gasteiger partial charge in [0.05, 0.1) is 12.7 Å². The summed E-state index contributed by atoms with van der Waals surface area (Å²) in [7, 11) is 0. The second-order valence-electron chi connectivity index (χ2n) is 4.02. The lowest BCUT2D eigenvalue weighted by atomic mass is 10.1. The molecule has 4 heteroatoms. The zero-order valence-corrected chi connectivity index (χ0v) is 10.1. The van der Waals surface area contributed by atoms with Gasteiger partial charge in [-0.3, -0.25) is 0 Å². The van der Waals surface area contributed by atoms with Crippen LogP contribution in [0.15, 0.2) is 33.5 Å². The molecule has 1 aromatic heterocycles. The summed E-state index contributed by atoms with van der Waals surface area (Å²) < 4.78 is 10.6. The monoisotopic (exact) mass is 243 g/mol. The van der Waals surface area contributed by atoms with E-state index < -0.39 is 0 Å². The van der Waals surface area contributed by atoms with Gasteiger partial charge in [0, 0.05) is 23.9 Å². The van der Waals surface area contributed by atoms with Crippen molar-refractivity contribution >= 4 is 11.0 Å². The molecule has 0 fully saturated rings. The first-order valence-corrected chi connectivity index (χ1v) is 5.75. The third kappa shape index (κ3) is 2.69. The Bertz CT molecular complexity index is 652. The summed E-state index contributed by atoms with van der Waals surface area (Å²) in [4.78, 5) is 11.3. The number of hydrogen-bond donors (Lipinski definition) is 0. The Kier molecular flexibility index (Phi) is 3.63. The van der Waals surface area contributed by atoms with E-state index in [2.05, 4.69) is 6.07 Å². The molecule has 0 N–H and O–H groups in total. The van der Waals surface area contributed by atoms with Gasteiger partial charge < -0.3 is 9.15 Å². The van der Waals surface area contributed by atoms with Crippen molar-refractivity contribution < 1.29 is 9.15 Å². The molecule has 0 aliphatic heterocycles. The Morgan fingerprint density at radius 3 is 3.00 bits per heavy atom. The summed E-state index contributed by atoms with van der Waals surface area (Å²) in [6.45, 7) is 2.35. The van der Waals surface area contributed by atoms with E-state index in [1.807, 2.05) is 19.1 Å². The Labute approximate surface area is 104 Å². The van der Waals surface area contributed by atoms with Crippen LogP contribution in [0.1, 0.15) is 18.4 Å². The molecule has 2 rings (SSSR count). The fourth-order valence-electron chi connectivity index (χ4n) is 1.74. The summed E-state index contributed by atoms with van der Waals surface area (Å²) in [6.07, 6.45) is 1.16. The third-order valence-electron chi connectivity index (χ3n) is 2.62. The first-order valence-electron chi connectivity index (χ1n) is 5.75. The van der Waals surface area contributed by atoms with Gasteiger partial charge in [-0.15, -0.1) is 0 Å². The first-order chi connectivity index (χ1) is 8.70. The van der Waals surface area contributed by atoms with E-state index in [1.54, 1.807) is 6.07 Å². The summed E-state index contributed by atoms with van der Waals surface area (Å²) in [6, 6.07) is 8.93. The van der Waals surface area contributed by atoms with Crippen LogP contribution in [-0.4, -0.2) is 6.61 Å². The summed E-state index contributed by atoms with van der Waals surface area (Å²) in [5.41, 5.74) is 1.05. The fourth-order valence-corrected chi connectivity index (χ4v) is 1.74. The molecule has 0 saturated heterocycles. The van der Waals surface area contributed by atoms with Crippen molar-refractivity contribution in [3.8, 4) is 11.8 Å². The Morgan fingerprint density at radius 1 is 1.39 bits per heavy atom. The van der Waals surface area contributed by atoms with Crippen molar-refractivity contribution in [2.75, 3.05) is 6.61 Å². The minimum absolute atomic E-state index is 0.360. The minimum Gasteiger partial charge on any atom is -0.493 e. The molecule has 0 aliphatic rings. The highest BCUT2D eigenvalue weighted by Crippen LogP contribution is 2.22. The highest BCUT2D eigenvalue weighted by Gasteiger charge is 2.03. The number of nitriles is 1. The summed E-state index contributed by atoms with van der Waals surface area (Å²) in [5.74, 6) is 0.647. The summed E-state index contributed by atoms with van der Waals surface area (Å²) in [5, 5.41) is 9.31. The van der Waals surface area contributed by atoms with Crippen LogP contribution in [0.4, 0.5) is 0 Å². The minimum atomic E-state index is -0.360. The Hall–Kier alpha value is -2.28. The Morgan fingerprint density at radius 2 is 2.22 bits per heavy atom. The molecule has 0 bridgehead atoms. The molecule has 4 nitrogen and oxygen atoms in total. The normalized spacial score (nSPS) is 10.2. The molecule has 18 heavy (non-hydrogen) atoms. The van der Waals surface area contributed by atoms with Gasteiger partial charge in [0.25, 0.3) is 0 Å². The van der Waals surface area contributed by atoms with E-state index in [9.17, 15) is 4.79 Å². The molecule has 0 saturated carbocycles. The molecule has 0 spiro atoms. The predicted molar refractivity (Wildman–Crippen MR) is 67.6 cm³/mol. The Balaban J connectivity index is 2.22. The SMILES string of the molecule is Cc1cc(=O)oc2cc(OCCCC#N)ccc12. The van der Waals surface area contributed by atoms with Gasteiger partial charge in [-0.1, -0.05) is 0 Å². The maximum atomic E-state index is 11.3. The van der Waals surface area contributed by atoms with E-state index in [-0.39, 0.29) is 5.63 Å². The lowest BCUT2D eigenvalue weighted by Crippen LogP contribution is -1.99. The molecular formula is C14H13NO3. The average Bonchev–Trinajstić information content (AvgIpc) is 2.34. The van der Waals surface area contributed by atoms with Crippen LogP contribution >= 0.6 is 0 Å². The van der Waals surface area contributed by atoms with Gasteiger partial charge in [-0.05, 0) is 31.0 Å². The van der Waals surface area contributed by atoms with Gasteiger partial charge in [0.15, 0.2) is 0 Å². The van der Waals surface area contributed by atoms with E-state index in [4.69, 9.17) is 14.4 Å². The number of fused-ring (bicyclic) bond motifs is 1. The topological polar surface area (TPSA) is 63.2 Å². The zero-order chi connectivity index (χ0) is 13.0. The van der Waals surface area contributed by atoms with E-state index in [0.29, 0.717) is 30.8 Å². The number of ether oxygens (including phenoxy) is 1. The van der Waals surface area contributed by atoms with Crippen LogP contribution < -0.4 is 10.4 Å². The van der Waals surface area contributed by atoms with Crippen LogP contribution in [0.5, 0.6) is 5.75 Å². The van der Waals surface area contributed by atoms with Crippen molar-refractivity contribution in [2.45, 2.75) is 19.8 Å². The number of benzene rings is 1. The molecule has 1 aromatic carbocycles. The number of aryl methyl sites for hydroxylation is 1. The molecular weight excluding hydrogens is 230 g/mol. The van der Waals surface area contributed by atoms with Crippen LogP contribution in [0, 0.1) is 18.3 Å². The second kappa shape index (κ2) is 5.37.